The first-order valence-corrected chi connectivity index (χ1v) is 11.9. The molecule has 2 aliphatic rings. The Kier molecular flexibility index (Phi) is 9.36. The molecule has 174 valence electrons. The number of pyridine rings is 1. The molecular formula is C26H33ClN6. The van der Waals surface area contributed by atoms with Crippen molar-refractivity contribution in [3.8, 4) is 11.1 Å². The van der Waals surface area contributed by atoms with Gasteiger partial charge in [-0.1, -0.05) is 42.8 Å². The van der Waals surface area contributed by atoms with Crippen LogP contribution in [0.3, 0.4) is 0 Å². The Hall–Kier alpha value is -2.80. The van der Waals surface area contributed by atoms with E-state index in [2.05, 4.69) is 57.0 Å². The largest absolute Gasteiger partial charge is 0.355 e. The van der Waals surface area contributed by atoms with E-state index >= 15 is 0 Å². The number of aromatic nitrogens is 3. The number of anilines is 1. The van der Waals surface area contributed by atoms with Gasteiger partial charge in [0.25, 0.3) is 0 Å². The maximum absolute atomic E-state index is 6.39. The first-order chi connectivity index (χ1) is 16.2. The lowest BCUT2D eigenvalue weighted by atomic mass is 9.98. The molecule has 6 nitrogen and oxygen atoms in total. The molecule has 0 atom stereocenters. The van der Waals surface area contributed by atoms with Crippen LogP contribution in [-0.2, 0) is 0 Å². The van der Waals surface area contributed by atoms with Gasteiger partial charge in [0.05, 0.1) is 17.2 Å². The van der Waals surface area contributed by atoms with E-state index in [-0.39, 0.29) is 0 Å². The predicted octanol–water partition coefficient (Wildman–Crippen LogP) is 5.22. The summed E-state index contributed by atoms with van der Waals surface area (Å²) in [5.74, 6) is 0.967. The highest BCUT2D eigenvalue weighted by atomic mass is 35.5. The molecule has 1 aliphatic carbocycles. The summed E-state index contributed by atoms with van der Waals surface area (Å²) in [5, 5.41) is 0.540. The number of halogens is 1. The molecule has 33 heavy (non-hydrogen) atoms. The van der Waals surface area contributed by atoms with Crippen LogP contribution in [-0.4, -0.2) is 41.6 Å². The van der Waals surface area contributed by atoms with Gasteiger partial charge in [-0.05, 0) is 68.6 Å². The number of fused-ring (bicyclic) bond motifs is 1. The quantitative estimate of drug-likeness (QED) is 0.516. The molecule has 5 rings (SSSR count). The molecule has 2 aromatic heterocycles. The molecule has 0 bridgehead atoms. The number of hydrogen-bond donors (Lipinski definition) is 2. The molecule has 1 fully saturated rings. The van der Waals surface area contributed by atoms with Gasteiger partial charge in [-0.25, -0.2) is 9.97 Å². The summed E-state index contributed by atoms with van der Waals surface area (Å²) in [7, 11) is 1.50. The number of benzene rings is 1. The van der Waals surface area contributed by atoms with Crippen LogP contribution < -0.4 is 16.4 Å². The molecule has 7 heteroatoms. The highest BCUT2D eigenvalue weighted by molar-refractivity contribution is 6.31. The Bertz CT molecular complexity index is 1120. The second kappa shape index (κ2) is 12.4. The van der Waals surface area contributed by atoms with Crippen LogP contribution in [0.15, 0.2) is 54.9 Å². The lowest BCUT2D eigenvalue weighted by Crippen LogP contribution is -2.19. The summed E-state index contributed by atoms with van der Waals surface area (Å²) in [6.45, 7) is 4.78. The Morgan fingerprint density at radius 2 is 1.73 bits per heavy atom. The zero-order valence-corrected chi connectivity index (χ0v) is 20.2. The first kappa shape index (κ1) is 24.8. The van der Waals surface area contributed by atoms with Crippen LogP contribution in [0.1, 0.15) is 38.2 Å². The lowest BCUT2D eigenvalue weighted by Gasteiger charge is -2.16. The van der Waals surface area contributed by atoms with E-state index in [1.54, 1.807) is 0 Å². The minimum absolute atomic E-state index is 0.540. The smallest absolute Gasteiger partial charge is 0.147 e. The summed E-state index contributed by atoms with van der Waals surface area (Å²) >= 11 is 6.39. The van der Waals surface area contributed by atoms with Gasteiger partial charge in [-0.15, -0.1) is 0 Å². The van der Waals surface area contributed by atoms with Gasteiger partial charge < -0.3 is 16.4 Å². The first-order valence-electron chi connectivity index (χ1n) is 11.5. The third-order valence-electron chi connectivity index (χ3n) is 5.44. The van der Waals surface area contributed by atoms with Crippen LogP contribution in [0.2, 0.25) is 5.15 Å². The minimum Gasteiger partial charge on any atom is -0.355 e. The Balaban J connectivity index is 0.000000569. The third-order valence-corrected chi connectivity index (χ3v) is 5.74. The summed E-state index contributed by atoms with van der Waals surface area (Å²) < 4.78 is 0. The number of nitrogens with zero attached hydrogens (tertiary/aromatic N) is 4. The van der Waals surface area contributed by atoms with E-state index in [9.17, 15) is 0 Å². The van der Waals surface area contributed by atoms with Crippen molar-refractivity contribution in [2.24, 2.45) is 11.5 Å². The molecule has 4 N–H and O–H groups in total. The molecule has 0 saturated carbocycles. The molecule has 1 aliphatic heterocycles. The molecule has 3 aromatic rings. The molecular weight excluding hydrogens is 432 g/mol. The molecule has 1 saturated heterocycles. The average Bonchev–Trinajstić information content (AvgIpc) is 3.41. The Morgan fingerprint density at radius 1 is 0.970 bits per heavy atom. The summed E-state index contributed by atoms with van der Waals surface area (Å²) in [4.78, 5) is 16.2. The standard InChI is InChI=1S/C23H21ClN4.C2H7N.CH5N/c24-23-19(16-6-2-1-3-7-16)12-18(14-26-23)17-8-9-20-21(13-17)27-22(15-25-20)28-10-4-5-11-28;1-2-3;1-2/h2,6-9,12-15H,1,3-5,10-11H2;2-3H2,1H3;2H2,1H3. The molecule has 0 spiro atoms. The Morgan fingerprint density at radius 3 is 2.42 bits per heavy atom. The monoisotopic (exact) mass is 464 g/mol. The van der Waals surface area contributed by atoms with Crippen LogP contribution in [0.5, 0.6) is 0 Å². The van der Waals surface area contributed by atoms with E-state index in [1.807, 2.05) is 25.4 Å². The number of hydrogen-bond acceptors (Lipinski definition) is 6. The van der Waals surface area contributed by atoms with E-state index in [1.165, 1.54) is 19.9 Å². The van der Waals surface area contributed by atoms with Crippen molar-refractivity contribution >= 4 is 34.0 Å². The molecule has 0 amide bonds. The Labute approximate surface area is 201 Å². The maximum atomic E-state index is 6.39. The molecule has 0 radical (unpaired) electrons. The predicted molar refractivity (Wildman–Crippen MR) is 140 cm³/mol. The van der Waals surface area contributed by atoms with Gasteiger partial charge >= 0.3 is 0 Å². The third kappa shape index (κ3) is 6.16. The average molecular weight is 465 g/mol. The summed E-state index contributed by atoms with van der Waals surface area (Å²) in [6, 6.07) is 8.32. The number of rotatable bonds is 3. The highest BCUT2D eigenvalue weighted by Crippen LogP contribution is 2.31. The topological polar surface area (TPSA) is 94.0 Å². The van der Waals surface area contributed by atoms with Crippen molar-refractivity contribution in [1.82, 2.24) is 15.0 Å². The molecule has 1 aromatic carbocycles. The van der Waals surface area contributed by atoms with Crippen molar-refractivity contribution < 1.29 is 0 Å². The van der Waals surface area contributed by atoms with E-state index in [4.69, 9.17) is 22.3 Å². The summed E-state index contributed by atoms with van der Waals surface area (Å²) in [6.07, 6.45) is 14.8. The fourth-order valence-corrected chi connectivity index (χ4v) is 4.11. The second-order valence-electron chi connectivity index (χ2n) is 7.74. The number of allylic oxidation sites excluding steroid dienone is 4. The van der Waals surface area contributed by atoms with E-state index in [0.29, 0.717) is 5.15 Å². The highest BCUT2D eigenvalue weighted by Gasteiger charge is 2.15. The SMILES string of the molecule is CCN.CN.Clc1ncc(-c2ccc3ncc(N4CCCC4)nc3c2)cc1C1=CCCC=C1. The van der Waals surface area contributed by atoms with Crippen molar-refractivity contribution in [3.63, 3.8) is 0 Å². The zero-order valence-electron chi connectivity index (χ0n) is 19.5. The maximum Gasteiger partial charge on any atom is 0.147 e. The van der Waals surface area contributed by atoms with Crippen LogP contribution in [0, 0.1) is 0 Å². The van der Waals surface area contributed by atoms with Gasteiger partial charge in [0, 0.05) is 30.4 Å². The summed E-state index contributed by atoms with van der Waals surface area (Å²) in [5.41, 5.74) is 15.4. The van der Waals surface area contributed by atoms with Crippen molar-refractivity contribution in [3.05, 3.63) is 65.6 Å². The van der Waals surface area contributed by atoms with Gasteiger partial charge in [0.1, 0.15) is 11.0 Å². The van der Waals surface area contributed by atoms with E-state index in [0.717, 1.165) is 71.6 Å². The van der Waals surface area contributed by atoms with Gasteiger partial charge in [0.2, 0.25) is 0 Å². The van der Waals surface area contributed by atoms with Gasteiger partial charge in [0.15, 0.2) is 0 Å². The minimum atomic E-state index is 0.540. The van der Waals surface area contributed by atoms with Crippen LogP contribution in [0.4, 0.5) is 5.82 Å². The lowest BCUT2D eigenvalue weighted by molar-refractivity contribution is 0.936. The van der Waals surface area contributed by atoms with Gasteiger partial charge in [-0.2, -0.15) is 0 Å². The number of nitrogens with two attached hydrogens (primary N) is 2. The fourth-order valence-electron chi connectivity index (χ4n) is 3.90. The van der Waals surface area contributed by atoms with E-state index < -0.39 is 0 Å². The van der Waals surface area contributed by atoms with Crippen LogP contribution in [0.25, 0.3) is 27.7 Å². The van der Waals surface area contributed by atoms with Gasteiger partial charge in [-0.3, -0.25) is 4.98 Å². The zero-order chi connectivity index (χ0) is 23.6. The van der Waals surface area contributed by atoms with Crippen molar-refractivity contribution in [2.45, 2.75) is 32.6 Å². The van der Waals surface area contributed by atoms with Crippen LogP contribution >= 0.6 is 11.6 Å². The van der Waals surface area contributed by atoms with Crippen molar-refractivity contribution in [1.29, 1.82) is 0 Å². The normalized spacial score (nSPS) is 14.8. The molecule has 0 unspecified atom stereocenters. The second-order valence-corrected chi connectivity index (χ2v) is 8.09. The van der Waals surface area contributed by atoms with Crippen molar-refractivity contribution in [2.75, 3.05) is 31.6 Å². The fraction of sp³-hybridized carbons (Fsp3) is 0.346. The molecule has 3 heterocycles.